The van der Waals surface area contributed by atoms with E-state index >= 15 is 0 Å². The van der Waals surface area contributed by atoms with E-state index in [4.69, 9.17) is 14.2 Å². The van der Waals surface area contributed by atoms with Crippen molar-refractivity contribution in [1.82, 2.24) is 5.32 Å². The average molecular weight is 375 g/mol. The van der Waals surface area contributed by atoms with E-state index in [9.17, 15) is 4.79 Å². The third-order valence-electron chi connectivity index (χ3n) is 3.85. The van der Waals surface area contributed by atoms with Crippen molar-refractivity contribution in [1.29, 1.82) is 0 Å². The summed E-state index contributed by atoms with van der Waals surface area (Å²) in [5.41, 5.74) is 3.02. The van der Waals surface area contributed by atoms with E-state index in [1.165, 1.54) is 32.5 Å². The number of carbonyl (C=O) groups is 1. The normalized spacial score (nSPS) is 10.3. The largest absolute Gasteiger partial charge is 0.493 e. The summed E-state index contributed by atoms with van der Waals surface area (Å²) in [6.07, 6.45) is 0. The molecular formula is C20H25NO4S. The Morgan fingerprint density at radius 2 is 1.62 bits per heavy atom. The van der Waals surface area contributed by atoms with Crippen molar-refractivity contribution in [2.75, 3.05) is 33.6 Å². The van der Waals surface area contributed by atoms with E-state index < -0.39 is 0 Å². The van der Waals surface area contributed by atoms with Gasteiger partial charge in [0.05, 0.1) is 21.3 Å². The molecule has 0 saturated heterocycles. The molecule has 1 N–H and O–H groups in total. The molecule has 0 atom stereocenters. The second-order valence-corrected chi connectivity index (χ2v) is 6.81. The third kappa shape index (κ3) is 5.33. The summed E-state index contributed by atoms with van der Waals surface area (Å²) in [6.45, 7) is 2.67. The Balaban J connectivity index is 1.86. The molecule has 140 valence electrons. The maximum atomic E-state index is 12.4. The zero-order valence-electron chi connectivity index (χ0n) is 15.6. The number of amides is 1. The van der Waals surface area contributed by atoms with Crippen molar-refractivity contribution in [3.8, 4) is 17.2 Å². The van der Waals surface area contributed by atoms with Crippen LogP contribution in [0.5, 0.6) is 17.2 Å². The molecule has 0 aliphatic heterocycles. The zero-order valence-corrected chi connectivity index (χ0v) is 16.4. The van der Waals surface area contributed by atoms with Crippen LogP contribution in [0.25, 0.3) is 0 Å². The molecule has 0 aromatic heterocycles. The Hall–Kier alpha value is -2.34. The van der Waals surface area contributed by atoms with Crippen LogP contribution >= 0.6 is 11.8 Å². The highest BCUT2D eigenvalue weighted by Gasteiger charge is 2.16. The lowest BCUT2D eigenvalue weighted by Crippen LogP contribution is -2.25. The number of nitrogens with one attached hydrogen (secondary N) is 1. The fourth-order valence-corrected chi connectivity index (χ4v) is 3.24. The molecule has 0 saturated carbocycles. The van der Waals surface area contributed by atoms with Crippen LogP contribution in [0.4, 0.5) is 0 Å². The second kappa shape index (κ2) is 9.97. The van der Waals surface area contributed by atoms with Gasteiger partial charge in [0.15, 0.2) is 11.5 Å². The second-order valence-electron chi connectivity index (χ2n) is 5.71. The fourth-order valence-electron chi connectivity index (χ4n) is 2.43. The summed E-state index contributed by atoms with van der Waals surface area (Å²) < 4.78 is 15.8. The number of carbonyl (C=O) groups excluding carboxylic acids is 1. The Morgan fingerprint density at radius 1 is 1.00 bits per heavy atom. The molecule has 0 aliphatic rings. The summed E-state index contributed by atoms with van der Waals surface area (Å²) in [7, 11) is 4.59. The monoisotopic (exact) mass is 375 g/mol. The highest BCUT2D eigenvalue weighted by Crippen LogP contribution is 2.38. The molecule has 1 amide bonds. The first-order valence-electron chi connectivity index (χ1n) is 8.30. The first-order chi connectivity index (χ1) is 12.6. The van der Waals surface area contributed by atoms with Gasteiger partial charge in [-0.1, -0.05) is 29.8 Å². The maximum Gasteiger partial charge on any atom is 0.251 e. The summed E-state index contributed by atoms with van der Waals surface area (Å²) >= 11 is 1.79. The zero-order chi connectivity index (χ0) is 18.9. The van der Waals surface area contributed by atoms with Crippen molar-refractivity contribution < 1.29 is 19.0 Å². The Bertz CT molecular complexity index is 706. The molecule has 0 unspecified atom stereocenters. The number of ether oxygens (including phenoxy) is 3. The molecule has 0 spiro atoms. The third-order valence-corrected chi connectivity index (χ3v) is 4.88. The van der Waals surface area contributed by atoms with Crippen LogP contribution in [0.2, 0.25) is 0 Å². The number of aryl methyl sites for hydroxylation is 1. The molecular weight excluding hydrogens is 350 g/mol. The van der Waals surface area contributed by atoms with Gasteiger partial charge in [-0.3, -0.25) is 4.79 Å². The van der Waals surface area contributed by atoms with Gasteiger partial charge in [-0.25, -0.2) is 0 Å². The standard InChI is InChI=1S/C20H25NO4S/c1-14-5-7-15(8-6-14)13-26-10-9-21-20(22)16-11-17(23-2)19(25-4)18(12-16)24-3/h5-8,11-12H,9-10,13H2,1-4H3,(H,21,22). The molecule has 0 aliphatic carbocycles. The minimum atomic E-state index is -0.166. The lowest BCUT2D eigenvalue weighted by atomic mass is 10.1. The predicted octanol–water partition coefficient (Wildman–Crippen LogP) is 3.68. The minimum Gasteiger partial charge on any atom is -0.493 e. The van der Waals surface area contributed by atoms with Crippen molar-refractivity contribution in [3.05, 3.63) is 53.1 Å². The summed E-state index contributed by atoms with van der Waals surface area (Å²) in [5, 5.41) is 2.92. The van der Waals surface area contributed by atoms with E-state index in [0.717, 1.165) is 11.5 Å². The Labute approximate surface area is 159 Å². The quantitative estimate of drug-likeness (QED) is 0.678. The molecule has 2 aromatic rings. The number of hydrogen-bond acceptors (Lipinski definition) is 5. The van der Waals surface area contributed by atoms with Gasteiger partial charge in [0.2, 0.25) is 5.75 Å². The summed E-state index contributed by atoms with van der Waals surface area (Å²) in [6, 6.07) is 11.8. The van der Waals surface area contributed by atoms with Gasteiger partial charge in [0.25, 0.3) is 5.91 Å². The van der Waals surface area contributed by atoms with Crippen LogP contribution in [0.15, 0.2) is 36.4 Å². The maximum absolute atomic E-state index is 12.4. The van der Waals surface area contributed by atoms with Crippen LogP contribution in [-0.4, -0.2) is 39.5 Å². The summed E-state index contributed by atoms with van der Waals surface area (Å²) in [4.78, 5) is 12.4. The van der Waals surface area contributed by atoms with Crippen LogP contribution in [0, 0.1) is 6.92 Å². The molecule has 5 nitrogen and oxygen atoms in total. The molecule has 2 rings (SSSR count). The van der Waals surface area contributed by atoms with Crippen LogP contribution in [0.1, 0.15) is 21.5 Å². The van der Waals surface area contributed by atoms with Crippen LogP contribution < -0.4 is 19.5 Å². The SMILES string of the molecule is COc1cc(C(=O)NCCSCc2ccc(C)cc2)cc(OC)c1OC. The van der Waals surface area contributed by atoms with E-state index in [0.29, 0.717) is 29.4 Å². The van der Waals surface area contributed by atoms with Gasteiger partial charge in [-0.05, 0) is 24.6 Å². The van der Waals surface area contributed by atoms with Gasteiger partial charge >= 0.3 is 0 Å². The van der Waals surface area contributed by atoms with Crippen LogP contribution in [-0.2, 0) is 5.75 Å². The van der Waals surface area contributed by atoms with Gasteiger partial charge in [-0.2, -0.15) is 11.8 Å². The predicted molar refractivity (Wildman–Crippen MR) is 106 cm³/mol. The minimum absolute atomic E-state index is 0.166. The highest BCUT2D eigenvalue weighted by atomic mass is 32.2. The lowest BCUT2D eigenvalue weighted by molar-refractivity contribution is 0.0955. The molecule has 0 heterocycles. The van der Waals surface area contributed by atoms with Crippen molar-refractivity contribution in [3.63, 3.8) is 0 Å². The van der Waals surface area contributed by atoms with E-state index in [1.54, 1.807) is 23.9 Å². The first kappa shape index (κ1) is 20.0. The Kier molecular flexibility index (Phi) is 7.66. The van der Waals surface area contributed by atoms with Crippen molar-refractivity contribution in [2.24, 2.45) is 0 Å². The molecule has 6 heteroatoms. The number of benzene rings is 2. The molecule has 2 aromatic carbocycles. The van der Waals surface area contributed by atoms with Gasteiger partial charge in [-0.15, -0.1) is 0 Å². The lowest BCUT2D eigenvalue weighted by Gasteiger charge is -2.14. The summed E-state index contributed by atoms with van der Waals surface area (Å²) in [5.74, 6) is 3.00. The molecule has 0 radical (unpaired) electrons. The number of rotatable bonds is 9. The van der Waals surface area contributed by atoms with E-state index in [2.05, 4.69) is 36.5 Å². The van der Waals surface area contributed by atoms with Gasteiger partial charge < -0.3 is 19.5 Å². The first-order valence-corrected chi connectivity index (χ1v) is 9.46. The van der Waals surface area contributed by atoms with Crippen LogP contribution in [0.3, 0.4) is 0 Å². The molecule has 0 bridgehead atoms. The van der Waals surface area contributed by atoms with E-state index in [-0.39, 0.29) is 5.91 Å². The average Bonchev–Trinajstić information content (AvgIpc) is 2.67. The Morgan fingerprint density at radius 3 is 2.15 bits per heavy atom. The van der Waals surface area contributed by atoms with Gasteiger partial charge in [0.1, 0.15) is 0 Å². The molecule has 26 heavy (non-hydrogen) atoms. The van der Waals surface area contributed by atoms with E-state index in [1.807, 2.05) is 0 Å². The fraction of sp³-hybridized carbons (Fsp3) is 0.350. The van der Waals surface area contributed by atoms with Gasteiger partial charge in [0, 0.05) is 23.6 Å². The van der Waals surface area contributed by atoms with Crippen molar-refractivity contribution >= 4 is 17.7 Å². The highest BCUT2D eigenvalue weighted by molar-refractivity contribution is 7.98. The molecule has 0 fully saturated rings. The van der Waals surface area contributed by atoms with Crippen molar-refractivity contribution in [2.45, 2.75) is 12.7 Å². The number of hydrogen-bond donors (Lipinski definition) is 1. The topological polar surface area (TPSA) is 56.8 Å². The smallest absolute Gasteiger partial charge is 0.251 e. The number of methoxy groups -OCH3 is 3. The number of thioether (sulfide) groups is 1.